The number of aryl methyl sites for hydroxylation is 1. The van der Waals surface area contributed by atoms with Crippen LogP contribution >= 0.6 is 0 Å². The molecule has 0 radical (unpaired) electrons. The van der Waals surface area contributed by atoms with E-state index in [1.165, 1.54) is 9.13 Å². The first-order valence-electron chi connectivity index (χ1n) is 8.82. The Morgan fingerprint density at radius 2 is 1.92 bits per heavy atom. The summed E-state index contributed by atoms with van der Waals surface area (Å²) >= 11 is 0. The molecular formula is C17H26N6O2. The minimum absolute atomic E-state index is 0.0773. The molecule has 2 aromatic heterocycles. The van der Waals surface area contributed by atoms with Crippen LogP contribution in [0, 0.1) is 5.92 Å². The largest absolute Gasteiger partial charge is 0.332 e. The zero-order valence-corrected chi connectivity index (χ0v) is 15.8. The van der Waals surface area contributed by atoms with Gasteiger partial charge in [0, 0.05) is 20.1 Å². The molecule has 0 aliphatic carbocycles. The summed E-state index contributed by atoms with van der Waals surface area (Å²) in [5.74, 6) is 1.03. The predicted molar refractivity (Wildman–Crippen MR) is 99.5 cm³/mol. The molecule has 3 heterocycles. The number of aromatic nitrogens is 4. The lowest BCUT2D eigenvalue weighted by molar-refractivity contribution is 0.487. The second-order valence-corrected chi connectivity index (χ2v) is 7.07. The van der Waals surface area contributed by atoms with Crippen molar-refractivity contribution in [3.05, 3.63) is 20.8 Å². The molecule has 1 aliphatic rings. The maximum atomic E-state index is 13.1. The van der Waals surface area contributed by atoms with Gasteiger partial charge in [0.15, 0.2) is 11.2 Å². The molecule has 25 heavy (non-hydrogen) atoms. The van der Waals surface area contributed by atoms with Crippen molar-refractivity contribution < 1.29 is 0 Å². The van der Waals surface area contributed by atoms with Gasteiger partial charge in [-0.05, 0) is 33.1 Å². The van der Waals surface area contributed by atoms with Crippen LogP contribution in [0.2, 0.25) is 0 Å². The molecule has 0 spiro atoms. The second-order valence-electron chi connectivity index (χ2n) is 7.07. The summed E-state index contributed by atoms with van der Waals surface area (Å²) in [6, 6.07) is -0.0773. The van der Waals surface area contributed by atoms with Crippen molar-refractivity contribution in [1.82, 2.24) is 18.7 Å². The fourth-order valence-electron chi connectivity index (χ4n) is 3.18. The Kier molecular flexibility index (Phi) is 4.30. The van der Waals surface area contributed by atoms with E-state index in [0.717, 1.165) is 12.1 Å². The Labute approximate surface area is 146 Å². The van der Waals surface area contributed by atoms with Gasteiger partial charge in [-0.3, -0.25) is 18.5 Å². The fraction of sp³-hybridized carbons (Fsp3) is 0.647. The highest BCUT2D eigenvalue weighted by molar-refractivity contribution is 5.90. The summed E-state index contributed by atoms with van der Waals surface area (Å²) < 4.78 is 4.72. The third-order valence-corrected chi connectivity index (χ3v) is 4.89. The van der Waals surface area contributed by atoms with Crippen LogP contribution in [0.1, 0.15) is 47.1 Å². The van der Waals surface area contributed by atoms with Crippen LogP contribution < -0.4 is 16.3 Å². The van der Waals surface area contributed by atoms with Crippen LogP contribution in [0.4, 0.5) is 5.95 Å². The van der Waals surface area contributed by atoms with E-state index in [1.54, 1.807) is 12.1 Å². The van der Waals surface area contributed by atoms with Gasteiger partial charge in [0.2, 0.25) is 5.95 Å². The lowest BCUT2D eigenvalue weighted by atomic mass is 10.1. The molecule has 0 aromatic carbocycles. The summed E-state index contributed by atoms with van der Waals surface area (Å²) in [7, 11) is 1.67. The Balaban J connectivity index is 2.33. The normalized spacial score (nSPS) is 17.3. The highest BCUT2D eigenvalue weighted by Gasteiger charge is 2.29. The molecule has 1 aliphatic heterocycles. The van der Waals surface area contributed by atoms with Crippen molar-refractivity contribution in [3.8, 4) is 0 Å². The average Bonchev–Trinajstić information content (AvgIpc) is 2.97. The zero-order chi connectivity index (χ0) is 18.5. The molecular weight excluding hydrogens is 320 g/mol. The molecule has 0 amide bonds. The van der Waals surface area contributed by atoms with Crippen molar-refractivity contribution in [2.75, 3.05) is 11.6 Å². The molecule has 1 atom stereocenters. The molecule has 136 valence electrons. The number of hydrogen-bond acceptors (Lipinski definition) is 5. The van der Waals surface area contributed by atoms with Crippen LogP contribution in [0.3, 0.4) is 0 Å². The van der Waals surface area contributed by atoms with E-state index < -0.39 is 0 Å². The summed E-state index contributed by atoms with van der Waals surface area (Å²) in [5.41, 5.74) is 1.22. The van der Waals surface area contributed by atoms with E-state index in [1.807, 2.05) is 25.3 Å². The van der Waals surface area contributed by atoms with Gasteiger partial charge >= 0.3 is 5.69 Å². The molecule has 0 bridgehead atoms. The first-order valence-corrected chi connectivity index (χ1v) is 8.82. The molecule has 2 aromatic rings. The molecule has 8 nitrogen and oxygen atoms in total. The molecule has 3 rings (SSSR count). The van der Waals surface area contributed by atoms with Gasteiger partial charge in [-0.25, -0.2) is 9.80 Å². The Morgan fingerprint density at radius 1 is 1.24 bits per heavy atom. The third-order valence-electron chi connectivity index (χ3n) is 4.89. The lowest BCUT2D eigenvalue weighted by Crippen LogP contribution is -2.40. The minimum Gasteiger partial charge on any atom is -0.294 e. The number of fused-ring (bicyclic) bond motifs is 3. The summed E-state index contributed by atoms with van der Waals surface area (Å²) in [6.45, 7) is 11.1. The van der Waals surface area contributed by atoms with Crippen molar-refractivity contribution in [2.45, 2.75) is 53.6 Å². The molecule has 1 unspecified atom stereocenters. The van der Waals surface area contributed by atoms with Gasteiger partial charge in [-0.1, -0.05) is 13.8 Å². The van der Waals surface area contributed by atoms with Crippen LogP contribution in [0.25, 0.3) is 11.2 Å². The van der Waals surface area contributed by atoms with E-state index in [2.05, 4.69) is 23.9 Å². The summed E-state index contributed by atoms with van der Waals surface area (Å²) in [5, 5.41) is 6.33. The highest BCUT2D eigenvalue weighted by atomic mass is 16.2. The maximum Gasteiger partial charge on any atom is 0.332 e. The van der Waals surface area contributed by atoms with Gasteiger partial charge in [0.05, 0.1) is 11.8 Å². The minimum atomic E-state index is -0.318. The van der Waals surface area contributed by atoms with E-state index in [-0.39, 0.29) is 17.3 Å². The fourth-order valence-corrected chi connectivity index (χ4v) is 3.18. The number of nitrogens with zero attached hydrogens (tertiary/aromatic N) is 6. The number of anilines is 1. The highest BCUT2D eigenvalue weighted by Crippen LogP contribution is 2.29. The van der Waals surface area contributed by atoms with Crippen LogP contribution in [0.5, 0.6) is 0 Å². The Hall–Kier alpha value is -2.38. The van der Waals surface area contributed by atoms with Gasteiger partial charge < -0.3 is 0 Å². The monoisotopic (exact) mass is 346 g/mol. The average molecular weight is 346 g/mol. The number of hydrogen-bond donors (Lipinski definition) is 0. The van der Waals surface area contributed by atoms with Crippen molar-refractivity contribution in [3.63, 3.8) is 0 Å². The lowest BCUT2D eigenvalue weighted by Gasteiger charge is -2.28. The van der Waals surface area contributed by atoms with Crippen molar-refractivity contribution >= 4 is 22.8 Å². The van der Waals surface area contributed by atoms with Gasteiger partial charge in [0.25, 0.3) is 5.56 Å². The van der Waals surface area contributed by atoms with Crippen molar-refractivity contribution in [2.24, 2.45) is 18.1 Å². The van der Waals surface area contributed by atoms with Gasteiger partial charge in [0.1, 0.15) is 0 Å². The SMILES string of the molecule is CCN1N=C(C)C(C)n2c1nc1c2c(=O)n(CCC(C)C)c(=O)n1C. The first kappa shape index (κ1) is 17.4. The van der Waals surface area contributed by atoms with Crippen LogP contribution in [0.15, 0.2) is 14.7 Å². The maximum absolute atomic E-state index is 13.1. The second kappa shape index (κ2) is 6.16. The van der Waals surface area contributed by atoms with Crippen LogP contribution in [-0.4, -0.2) is 30.9 Å². The molecule has 8 heteroatoms. The number of imidazole rings is 1. The van der Waals surface area contributed by atoms with E-state index in [4.69, 9.17) is 0 Å². The molecule has 0 fully saturated rings. The van der Waals surface area contributed by atoms with E-state index >= 15 is 0 Å². The Morgan fingerprint density at radius 3 is 2.52 bits per heavy atom. The topological polar surface area (TPSA) is 77.4 Å². The smallest absolute Gasteiger partial charge is 0.294 e. The van der Waals surface area contributed by atoms with Gasteiger partial charge in [-0.2, -0.15) is 10.1 Å². The van der Waals surface area contributed by atoms with E-state index in [0.29, 0.717) is 36.1 Å². The summed E-state index contributed by atoms with van der Waals surface area (Å²) in [6.07, 6.45) is 0.777. The molecule has 0 saturated carbocycles. The predicted octanol–water partition coefficient (Wildman–Crippen LogP) is 1.72. The van der Waals surface area contributed by atoms with Gasteiger partial charge in [-0.15, -0.1) is 0 Å². The van der Waals surface area contributed by atoms with E-state index in [9.17, 15) is 9.59 Å². The third kappa shape index (κ3) is 2.60. The molecule has 0 N–H and O–H groups in total. The quantitative estimate of drug-likeness (QED) is 0.844. The molecule has 0 saturated heterocycles. The summed E-state index contributed by atoms with van der Waals surface area (Å²) in [4.78, 5) is 30.4. The van der Waals surface area contributed by atoms with Crippen LogP contribution in [-0.2, 0) is 13.6 Å². The number of rotatable bonds is 4. The standard InChI is InChI=1S/C17H26N6O2/c1-7-22-16-18-14-13(23(16)12(5)11(4)19-22)15(24)21(9-8-10(2)3)17(25)20(14)6/h10,12H,7-9H2,1-6H3. The Bertz CT molecular complexity index is 962. The van der Waals surface area contributed by atoms with Crippen molar-refractivity contribution in [1.29, 1.82) is 0 Å². The zero-order valence-electron chi connectivity index (χ0n) is 15.8. The first-order chi connectivity index (χ1) is 11.8. The number of hydrazone groups is 1.